The summed E-state index contributed by atoms with van der Waals surface area (Å²) in [6.07, 6.45) is 1.70. The number of rotatable bonds is 7. The minimum absolute atomic E-state index is 0.000325. The van der Waals surface area contributed by atoms with Crippen LogP contribution in [0.5, 0.6) is 0 Å². The van der Waals surface area contributed by atoms with Crippen molar-refractivity contribution in [1.82, 2.24) is 4.72 Å². The Bertz CT molecular complexity index is 527. The Morgan fingerprint density at radius 3 is 2.42 bits per heavy atom. The van der Waals surface area contributed by atoms with E-state index in [1.54, 1.807) is 0 Å². The summed E-state index contributed by atoms with van der Waals surface area (Å²) < 4.78 is 26.2. The molecule has 0 aliphatic carbocycles. The van der Waals surface area contributed by atoms with Gasteiger partial charge in [0.15, 0.2) is 0 Å². The maximum absolute atomic E-state index is 12.0. The number of benzene rings is 1. The first-order valence-electron chi connectivity index (χ1n) is 5.87. The summed E-state index contributed by atoms with van der Waals surface area (Å²) in [6.45, 7) is 1.91. The lowest BCUT2D eigenvalue weighted by Crippen LogP contribution is -2.40. The molecule has 1 atom stereocenters. The van der Waals surface area contributed by atoms with E-state index in [2.05, 4.69) is 4.72 Å². The van der Waals surface area contributed by atoms with Gasteiger partial charge in [-0.05, 0) is 30.7 Å². The van der Waals surface area contributed by atoms with Gasteiger partial charge in [0.2, 0.25) is 10.0 Å². The lowest BCUT2D eigenvalue weighted by atomic mass is 10.1. The number of sulfonamides is 1. The predicted octanol–water partition coefficient (Wildman–Crippen LogP) is 2.26. The van der Waals surface area contributed by atoms with Gasteiger partial charge < -0.3 is 5.11 Å². The lowest BCUT2D eigenvalue weighted by Gasteiger charge is -2.14. The monoisotopic (exact) mass is 305 g/mol. The smallest absolute Gasteiger partial charge is 0.321 e. The van der Waals surface area contributed by atoms with Crippen LogP contribution in [0.3, 0.4) is 0 Å². The fraction of sp³-hybridized carbons (Fsp3) is 0.417. The zero-order valence-electron chi connectivity index (χ0n) is 10.5. The van der Waals surface area contributed by atoms with Crippen LogP contribution in [0.2, 0.25) is 5.02 Å². The van der Waals surface area contributed by atoms with Crippen LogP contribution in [-0.2, 0) is 14.8 Å². The van der Waals surface area contributed by atoms with Gasteiger partial charge in [-0.2, -0.15) is 4.72 Å². The molecule has 0 bridgehead atoms. The number of nitrogens with one attached hydrogen (secondary N) is 1. The molecule has 0 saturated carbocycles. The number of carbonyl (C=O) groups is 1. The minimum atomic E-state index is -3.84. The van der Waals surface area contributed by atoms with E-state index < -0.39 is 22.0 Å². The maximum atomic E-state index is 12.0. The van der Waals surface area contributed by atoms with Gasteiger partial charge >= 0.3 is 5.97 Å². The van der Waals surface area contributed by atoms with Crippen molar-refractivity contribution in [1.29, 1.82) is 0 Å². The van der Waals surface area contributed by atoms with Crippen LogP contribution >= 0.6 is 11.6 Å². The van der Waals surface area contributed by atoms with Crippen LogP contribution in [0, 0.1) is 0 Å². The molecule has 1 aromatic rings. The highest BCUT2D eigenvalue weighted by Gasteiger charge is 2.24. The number of carboxylic acid groups (broad SMARTS) is 1. The first kappa shape index (κ1) is 15.9. The maximum Gasteiger partial charge on any atom is 0.321 e. The predicted molar refractivity (Wildman–Crippen MR) is 72.7 cm³/mol. The van der Waals surface area contributed by atoms with Crippen LogP contribution in [0.25, 0.3) is 0 Å². The molecule has 19 heavy (non-hydrogen) atoms. The Morgan fingerprint density at radius 1 is 1.37 bits per heavy atom. The molecule has 0 saturated heterocycles. The molecule has 7 heteroatoms. The molecule has 0 aliphatic rings. The highest BCUT2D eigenvalue weighted by Crippen LogP contribution is 2.15. The van der Waals surface area contributed by atoms with E-state index in [1.807, 2.05) is 6.92 Å². The number of unbranched alkanes of at least 4 members (excludes halogenated alkanes) is 1. The van der Waals surface area contributed by atoms with Gasteiger partial charge in [0.25, 0.3) is 0 Å². The van der Waals surface area contributed by atoms with Crippen molar-refractivity contribution in [2.75, 3.05) is 0 Å². The third kappa shape index (κ3) is 4.81. The number of halogens is 1. The van der Waals surface area contributed by atoms with Gasteiger partial charge in [0.05, 0.1) is 4.90 Å². The molecule has 106 valence electrons. The van der Waals surface area contributed by atoms with Crippen molar-refractivity contribution in [2.45, 2.75) is 37.1 Å². The molecule has 1 rings (SSSR count). The van der Waals surface area contributed by atoms with Crippen molar-refractivity contribution >= 4 is 27.6 Å². The third-order valence-electron chi connectivity index (χ3n) is 2.57. The van der Waals surface area contributed by atoms with E-state index in [0.29, 0.717) is 11.4 Å². The van der Waals surface area contributed by atoms with E-state index in [9.17, 15) is 13.2 Å². The Kier molecular flexibility index (Phi) is 5.78. The van der Waals surface area contributed by atoms with Crippen LogP contribution in [0.15, 0.2) is 29.2 Å². The molecule has 0 amide bonds. The van der Waals surface area contributed by atoms with Crippen LogP contribution < -0.4 is 4.72 Å². The van der Waals surface area contributed by atoms with Gasteiger partial charge in [-0.1, -0.05) is 31.4 Å². The normalized spacial score (nSPS) is 13.2. The zero-order valence-corrected chi connectivity index (χ0v) is 12.0. The molecule has 0 spiro atoms. The highest BCUT2D eigenvalue weighted by molar-refractivity contribution is 7.89. The SMILES string of the molecule is CCCCC(NS(=O)(=O)c1ccc(Cl)cc1)C(=O)O. The molecular formula is C12H16ClNO4S. The Balaban J connectivity index is 2.87. The summed E-state index contributed by atoms with van der Waals surface area (Å²) in [5, 5.41) is 9.42. The first-order chi connectivity index (χ1) is 8.86. The molecule has 0 heterocycles. The molecule has 5 nitrogen and oxygen atoms in total. The fourth-order valence-electron chi connectivity index (χ4n) is 1.51. The van der Waals surface area contributed by atoms with Crippen molar-refractivity contribution in [3.05, 3.63) is 29.3 Å². The second-order valence-electron chi connectivity index (χ2n) is 4.11. The van der Waals surface area contributed by atoms with E-state index in [0.717, 1.165) is 6.42 Å². The average molecular weight is 306 g/mol. The van der Waals surface area contributed by atoms with E-state index in [1.165, 1.54) is 24.3 Å². The van der Waals surface area contributed by atoms with Gasteiger partial charge in [0.1, 0.15) is 6.04 Å². The summed E-state index contributed by atoms with van der Waals surface area (Å²) in [5.41, 5.74) is 0. The van der Waals surface area contributed by atoms with Crippen molar-refractivity contribution in [3.8, 4) is 0 Å². The molecule has 2 N–H and O–H groups in total. The van der Waals surface area contributed by atoms with Gasteiger partial charge in [-0.3, -0.25) is 4.79 Å². The molecule has 0 radical (unpaired) electrons. The summed E-state index contributed by atoms with van der Waals surface area (Å²) in [4.78, 5) is 11.0. The van der Waals surface area contributed by atoms with E-state index in [-0.39, 0.29) is 11.3 Å². The second kappa shape index (κ2) is 6.88. The largest absolute Gasteiger partial charge is 0.480 e. The topological polar surface area (TPSA) is 83.5 Å². The second-order valence-corrected chi connectivity index (χ2v) is 6.26. The molecule has 1 aromatic carbocycles. The van der Waals surface area contributed by atoms with E-state index >= 15 is 0 Å². The Morgan fingerprint density at radius 2 is 1.95 bits per heavy atom. The van der Waals surface area contributed by atoms with Gasteiger partial charge in [-0.15, -0.1) is 0 Å². The van der Waals surface area contributed by atoms with Gasteiger partial charge in [-0.25, -0.2) is 8.42 Å². The first-order valence-corrected chi connectivity index (χ1v) is 7.73. The molecule has 0 aromatic heterocycles. The average Bonchev–Trinajstić information content (AvgIpc) is 2.34. The summed E-state index contributed by atoms with van der Waals surface area (Å²) in [7, 11) is -3.84. The summed E-state index contributed by atoms with van der Waals surface area (Å²) in [6, 6.07) is 4.45. The molecule has 0 fully saturated rings. The lowest BCUT2D eigenvalue weighted by molar-refractivity contribution is -0.139. The van der Waals surface area contributed by atoms with Crippen LogP contribution in [0.1, 0.15) is 26.2 Å². The number of aliphatic carboxylic acids is 1. The highest BCUT2D eigenvalue weighted by atomic mass is 35.5. The van der Waals surface area contributed by atoms with Gasteiger partial charge in [0, 0.05) is 5.02 Å². The van der Waals surface area contributed by atoms with Crippen molar-refractivity contribution in [2.24, 2.45) is 0 Å². The molecule has 0 aliphatic heterocycles. The number of carboxylic acids is 1. The van der Waals surface area contributed by atoms with E-state index in [4.69, 9.17) is 16.7 Å². The molecule has 1 unspecified atom stereocenters. The van der Waals surface area contributed by atoms with Crippen molar-refractivity contribution in [3.63, 3.8) is 0 Å². The Hall–Kier alpha value is -1.11. The Labute approximate surface area is 117 Å². The third-order valence-corrected chi connectivity index (χ3v) is 4.31. The zero-order chi connectivity index (χ0) is 14.5. The summed E-state index contributed by atoms with van der Waals surface area (Å²) >= 11 is 5.68. The quantitative estimate of drug-likeness (QED) is 0.809. The standard InChI is InChI=1S/C12H16ClNO4S/c1-2-3-4-11(12(15)16)14-19(17,18)10-7-5-9(13)6-8-10/h5-8,11,14H,2-4H2,1H3,(H,15,16). The minimum Gasteiger partial charge on any atom is -0.480 e. The number of hydrogen-bond donors (Lipinski definition) is 2. The molecular weight excluding hydrogens is 290 g/mol. The van der Waals surface area contributed by atoms with Crippen LogP contribution in [-0.4, -0.2) is 25.5 Å². The fourth-order valence-corrected chi connectivity index (χ4v) is 2.86. The summed E-state index contributed by atoms with van der Waals surface area (Å²) in [5.74, 6) is -1.18. The van der Waals surface area contributed by atoms with Crippen LogP contribution in [0.4, 0.5) is 0 Å². The number of hydrogen-bond acceptors (Lipinski definition) is 3. The van der Waals surface area contributed by atoms with Crippen molar-refractivity contribution < 1.29 is 18.3 Å².